The monoisotopic (exact) mass is 461 g/mol. The van der Waals surface area contributed by atoms with Gasteiger partial charge in [0.2, 0.25) is 0 Å². The highest BCUT2D eigenvalue weighted by molar-refractivity contribution is 7.55. The second kappa shape index (κ2) is 6.92. The summed E-state index contributed by atoms with van der Waals surface area (Å²) in [6.07, 6.45) is -4.94. The van der Waals surface area contributed by atoms with Crippen LogP contribution in [0.3, 0.4) is 0 Å². The average Bonchev–Trinajstić information content (AvgIpc) is 3.53. The number of nitrogens with zero attached hydrogens (tertiary/aromatic N) is 3. The third-order valence-electron chi connectivity index (χ3n) is 6.33. The minimum atomic E-state index is -4.94. The van der Waals surface area contributed by atoms with Gasteiger partial charge < -0.3 is 0 Å². The van der Waals surface area contributed by atoms with Crippen LogP contribution in [-0.4, -0.2) is 83.4 Å². The van der Waals surface area contributed by atoms with E-state index in [9.17, 15) is 27.9 Å². The number of nitro groups is 1. The van der Waals surface area contributed by atoms with Gasteiger partial charge in [-0.2, -0.15) is 13.2 Å². The van der Waals surface area contributed by atoms with Crippen LogP contribution in [0, 0.1) is 10.1 Å². The number of non-ortho nitro benzene ring substituents is 1. The van der Waals surface area contributed by atoms with Gasteiger partial charge in [-0.05, 0) is 33.8 Å². The van der Waals surface area contributed by atoms with Crippen molar-refractivity contribution in [2.45, 2.75) is 22.4 Å². The first-order valence-electron chi connectivity index (χ1n) is 10.1. The van der Waals surface area contributed by atoms with Crippen LogP contribution in [0.25, 0.3) is 10.8 Å². The van der Waals surface area contributed by atoms with Crippen LogP contribution in [0.4, 0.5) is 18.9 Å². The highest BCUT2D eigenvalue weighted by Gasteiger charge is 2.68. The van der Waals surface area contributed by atoms with Crippen LogP contribution in [0.5, 0.6) is 0 Å². The van der Waals surface area contributed by atoms with Crippen LogP contribution in [0.15, 0.2) is 36.4 Å². The van der Waals surface area contributed by atoms with Gasteiger partial charge in [-0.15, -0.1) is 0 Å². The molecule has 2 aliphatic heterocycles. The van der Waals surface area contributed by atoms with Crippen LogP contribution < -0.4 is 0 Å². The van der Waals surface area contributed by atoms with Gasteiger partial charge in [0, 0.05) is 19.2 Å². The Hall–Kier alpha value is -1.68. The smallest absolute Gasteiger partial charge is 0.295 e. The molecule has 3 atom stereocenters. The van der Waals surface area contributed by atoms with Gasteiger partial charge in [-0.3, -0.25) is 19.2 Å². The molecule has 16 heteroatoms. The summed E-state index contributed by atoms with van der Waals surface area (Å²) in [5, 5.41) is 10.4. The third-order valence-corrected chi connectivity index (χ3v) is 9.52. The molecule has 0 N–H and O–H groups in total. The first kappa shape index (κ1) is 23.5. The molecule has 3 unspecified atom stereocenters. The standard InChI is InChI=1S/C16H20B5F3N3O4P/c17-13(18)7-25(13)32(30,26-8-14(26,19)20)31-15(21,16(22,23)24)11-5-6-12(27(28)29)10-4-2-1-3-9(10)11/h1-6H,7-8,17-21H2. The minimum Gasteiger partial charge on any atom is -0.295 e. The molecule has 0 aromatic heterocycles. The van der Waals surface area contributed by atoms with Crippen molar-refractivity contribution in [3.05, 3.63) is 52.1 Å². The summed E-state index contributed by atoms with van der Waals surface area (Å²) in [7, 11) is 3.97. The lowest BCUT2D eigenvalue weighted by atomic mass is 9.70. The predicted octanol–water partition coefficient (Wildman–Crippen LogP) is -1.31. The van der Waals surface area contributed by atoms with E-state index >= 15 is 0 Å². The topological polar surface area (TPSA) is 75.5 Å². The average molecular weight is 460 g/mol. The minimum absolute atomic E-state index is 0.0307. The number of hydrogen-bond donors (Lipinski definition) is 0. The van der Waals surface area contributed by atoms with E-state index < -0.39 is 34.9 Å². The lowest BCUT2D eigenvalue weighted by Gasteiger charge is -2.38. The van der Waals surface area contributed by atoms with Crippen LogP contribution >= 0.6 is 7.67 Å². The van der Waals surface area contributed by atoms with Crippen molar-refractivity contribution in [1.29, 1.82) is 0 Å². The van der Waals surface area contributed by atoms with Crippen molar-refractivity contribution in [2.75, 3.05) is 13.1 Å². The molecule has 0 spiro atoms. The molecule has 2 aromatic rings. The molecule has 0 bridgehead atoms. The van der Waals surface area contributed by atoms with Gasteiger partial charge in [-0.25, -0.2) is 9.34 Å². The molecule has 2 saturated heterocycles. The van der Waals surface area contributed by atoms with Gasteiger partial charge >= 0.3 is 13.8 Å². The third kappa shape index (κ3) is 3.54. The van der Waals surface area contributed by atoms with E-state index in [0.29, 0.717) is 13.1 Å². The zero-order valence-corrected chi connectivity index (χ0v) is 19.3. The number of hydrogen-bond acceptors (Lipinski definition) is 4. The summed E-state index contributed by atoms with van der Waals surface area (Å²) in [4.78, 5) is 10.8. The number of fused-ring (bicyclic) bond motifs is 1. The number of halogens is 3. The molecule has 0 aliphatic carbocycles. The lowest BCUT2D eigenvalue weighted by Crippen LogP contribution is -2.46. The predicted molar refractivity (Wildman–Crippen MR) is 129 cm³/mol. The Labute approximate surface area is 187 Å². The largest absolute Gasteiger partial charge is 0.413 e. The summed E-state index contributed by atoms with van der Waals surface area (Å²) >= 11 is 0. The van der Waals surface area contributed by atoms with Crippen molar-refractivity contribution >= 4 is 63.4 Å². The van der Waals surface area contributed by atoms with Crippen LogP contribution in [-0.2, 0) is 14.6 Å². The molecule has 7 nitrogen and oxygen atoms in total. The first-order chi connectivity index (χ1) is 14.5. The molecule has 164 valence electrons. The van der Waals surface area contributed by atoms with Crippen LogP contribution in [0.1, 0.15) is 5.56 Å². The SMILES string of the molecule is BC1(B)CN1P(=O)(OC(B)(c1ccc([N+](=O)[O-])c2ccccc12)C(F)(F)F)N1CC1(B)B. The van der Waals surface area contributed by atoms with Crippen molar-refractivity contribution in [2.24, 2.45) is 0 Å². The highest BCUT2D eigenvalue weighted by atomic mass is 31.2. The normalized spacial score (nSPS) is 27.2. The summed E-state index contributed by atoms with van der Waals surface area (Å²) in [6, 6.07) is 7.91. The van der Waals surface area contributed by atoms with Crippen molar-refractivity contribution in [3.63, 3.8) is 0 Å². The summed E-state index contributed by atoms with van der Waals surface area (Å²) in [5.41, 5.74) is -3.59. The lowest BCUT2D eigenvalue weighted by molar-refractivity contribution is -0.383. The van der Waals surface area contributed by atoms with E-state index in [1.165, 1.54) is 33.6 Å². The fourth-order valence-electron chi connectivity index (χ4n) is 4.10. The molecular formula is C16H20B5F3N3O4P. The molecule has 0 radical (unpaired) electrons. The van der Waals surface area contributed by atoms with E-state index in [1.807, 2.05) is 0 Å². The highest BCUT2D eigenvalue weighted by Crippen LogP contribution is 2.71. The Bertz CT molecular complexity index is 1160. The number of benzene rings is 2. The molecule has 0 amide bonds. The fraction of sp³-hybridized carbons (Fsp3) is 0.375. The zero-order valence-electron chi connectivity index (χ0n) is 18.4. The molecule has 4 rings (SSSR count). The molecule has 2 heterocycles. The van der Waals surface area contributed by atoms with Crippen molar-refractivity contribution in [3.8, 4) is 0 Å². The first-order valence-corrected chi connectivity index (χ1v) is 11.7. The van der Waals surface area contributed by atoms with Gasteiger partial charge in [0.15, 0.2) is 13.3 Å². The second-order valence-electron chi connectivity index (χ2n) is 9.79. The molecule has 2 aromatic carbocycles. The Morgan fingerprint density at radius 3 is 1.88 bits per heavy atom. The quantitative estimate of drug-likeness (QED) is 0.175. The van der Waals surface area contributed by atoms with E-state index in [4.69, 9.17) is 4.52 Å². The maximum absolute atomic E-state index is 14.6. The van der Waals surface area contributed by atoms with Gasteiger partial charge in [-0.1, -0.05) is 18.2 Å². The summed E-state index contributed by atoms with van der Waals surface area (Å²) < 4.78 is 66.7. The molecular weight excluding hydrogens is 440 g/mol. The van der Waals surface area contributed by atoms with E-state index in [-0.39, 0.29) is 22.0 Å². The maximum atomic E-state index is 14.6. The van der Waals surface area contributed by atoms with E-state index in [2.05, 4.69) is 0 Å². The molecule has 2 fully saturated rings. The number of alkyl halides is 3. The molecule has 0 saturated carbocycles. The number of rotatable bonds is 6. The molecule has 2 aliphatic rings. The summed E-state index contributed by atoms with van der Waals surface area (Å²) in [5.74, 6) is 0. The Kier molecular flexibility index (Phi) is 5.08. The summed E-state index contributed by atoms with van der Waals surface area (Å²) in [6.45, 7) is 0.678. The van der Waals surface area contributed by atoms with Gasteiger partial charge in [0.1, 0.15) is 31.4 Å². The Morgan fingerprint density at radius 1 is 1.00 bits per heavy atom. The maximum Gasteiger partial charge on any atom is 0.413 e. The Morgan fingerprint density at radius 2 is 1.47 bits per heavy atom. The Balaban J connectivity index is 1.91. The molecule has 32 heavy (non-hydrogen) atoms. The zero-order chi connectivity index (χ0) is 23.9. The van der Waals surface area contributed by atoms with Crippen LogP contribution in [0.2, 0.25) is 0 Å². The number of nitro benzene ring substituents is 1. The second-order valence-corrected chi connectivity index (χ2v) is 11.9. The van der Waals surface area contributed by atoms with E-state index in [1.54, 1.807) is 31.4 Å². The van der Waals surface area contributed by atoms with Gasteiger partial charge in [0.25, 0.3) is 5.69 Å². The van der Waals surface area contributed by atoms with E-state index in [0.717, 1.165) is 20.0 Å². The fourth-order valence-corrected chi connectivity index (χ4v) is 7.66. The van der Waals surface area contributed by atoms with Crippen molar-refractivity contribution in [1.82, 2.24) is 9.34 Å². The van der Waals surface area contributed by atoms with Crippen molar-refractivity contribution < 1.29 is 27.2 Å². The van der Waals surface area contributed by atoms with Gasteiger partial charge in [0.05, 0.1) is 10.3 Å².